The molecule has 1 rings (SSSR count). The van der Waals surface area contributed by atoms with Gasteiger partial charge < -0.3 is 4.74 Å². The van der Waals surface area contributed by atoms with Gasteiger partial charge in [0.25, 0.3) is 0 Å². The Labute approximate surface area is 96.0 Å². The van der Waals surface area contributed by atoms with E-state index in [0.717, 1.165) is 4.90 Å². The topological polar surface area (TPSA) is 26.3 Å². The van der Waals surface area contributed by atoms with Gasteiger partial charge in [-0.3, -0.25) is 0 Å². The lowest BCUT2D eigenvalue weighted by molar-refractivity contribution is 0.0597. The maximum absolute atomic E-state index is 11.2. The molecule has 0 fully saturated rings. The van der Waals surface area contributed by atoms with E-state index in [1.165, 1.54) is 25.3 Å². The van der Waals surface area contributed by atoms with Crippen LogP contribution in [0.15, 0.2) is 29.2 Å². The highest BCUT2D eigenvalue weighted by Gasteiger charge is 2.08. The maximum Gasteiger partial charge on any atom is 0.338 e. The molecule has 0 amide bonds. The second kappa shape index (κ2) is 8.36. The molecule has 0 radical (unpaired) electrons. The second-order valence-corrected chi connectivity index (χ2v) is 3.75. The number of benzene rings is 1. The van der Waals surface area contributed by atoms with Crippen molar-refractivity contribution in [2.75, 3.05) is 13.4 Å². The highest BCUT2D eigenvalue weighted by molar-refractivity contribution is 7.98. The van der Waals surface area contributed by atoms with Gasteiger partial charge in [-0.2, -0.15) is 0 Å². The van der Waals surface area contributed by atoms with Crippen LogP contribution in [-0.4, -0.2) is 19.3 Å². The summed E-state index contributed by atoms with van der Waals surface area (Å²) < 4.78 is 4.63. The Balaban J connectivity index is 0.000000583. The van der Waals surface area contributed by atoms with Gasteiger partial charge in [0.2, 0.25) is 0 Å². The molecule has 84 valence electrons. The van der Waals surface area contributed by atoms with Gasteiger partial charge in [0.15, 0.2) is 0 Å². The molecule has 0 N–H and O–H groups in total. The van der Waals surface area contributed by atoms with Crippen LogP contribution < -0.4 is 0 Å². The van der Waals surface area contributed by atoms with E-state index in [2.05, 4.69) is 18.6 Å². The van der Waals surface area contributed by atoms with Gasteiger partial charge in [-0.15, -0.1) is 11.8 Å². The summed E-state index contributed by atoms with van der Waals surface area (Å²) in [7, 11) is 1.39. The minimum Gasteiger partial charge on any atom is -0.465 e. The molecule has 0 bridgehead atoms. The van der Waals surface area contributed by atoms with E-state index >= 15 is 0 Å². The molecule has 0 aromatic heterocycles. The number of carbonyl (C=O) groups excluding carboxylic acids is 1. The minimum atomic E-state index is -0.278. The molecule has 1 aromatic rings. The number of carbonyl (C=O) groups is 1. The Morgan fingerprint density at radius 1 is 1.33 bits per heavy atom. The summed E-state index contributed by atoms with van der Waals surface area (Å²) in [6, 6.07) is 7.39. The smallest absolute Gasteiger partial charge is 0.338 e. The van der Waals surface area contributed by atoms with E-state index in [9.17, 15) is 4.79 Å². The first-order valence-corrected chi connectivity index (χ1v) is 6.15. The third-order valence-electron chi connectivity index (χ3n) is 1.51. The molecule has 0 aliphatic heterocycles. The summed E-state index contributed by atoms with van der Waals surface area (Å²) in [6.45, 7) is 4.25. The summed E-state index contributed by atoms with van der Waals surface area (Å²) in [5.74, 6) is -0.278. The molecule has 0 heterocycles. The standard InChI is InChI=1S/C9H10O2S.C3H8/c1-11-9(10)7-5-3-4-6-8(7)12-2;1-3-2/h3-6H,1-2H3;3H2,1-2H3. The Morgan fingerprint density at radius 3 is 2.33 bits per heavy atom. The molecule has 0 spiro atoms. The number of ether oxygens (including phenoxy) is 1. The van der Waals surface area contributed by atoms with E-state index in [1.54, 1.807) is 6.07 Å². The molecule has 0 aliphatic rings. The Morgan fingerprint density at radius 2 is 1.87 bits per heavy atom. The quantitative estimate of drug-likeness (QED) is 0.569. The monoisotopic (exact) mass is 226 g/mol. The minimum absolute atomic E-state index is 0.278. The van der Waals surface area contributed by atoms with Crippen molar-refractivity contribution in [2.24, 2.45) is 0 Å². The molecule has 0 unspecified atom stereocenters. The molecule has 3 heteroatoms. The maximum atomic E-state index is 11.2. The van der Waals surface area contributed by atoms with Crippen LogP contribution in [-0.2, 0) is 4.74 Å². The van der Waals surface area contributed by atoms with E-state index in [1.807, 2.05) is 24.5 Å². The zero-order valence-electron chi connectivity index (χ0n) is 9.74. The first-order valence-electron chi connectivity index (χ1n) is 4.92. The van der Waals surface area contributed by atoms with Gasteiger partial charge in [-0.05, 0) is 18.4 Å². The predicted octanol–water partition coefficient (Wildman–Crippen LogP) is 3.61. The van der Waals surface area contributed by atoms with Crippen molar-refractivity contribution in [3.05, 3.63) is 29.8 Å². The number of hydrogen-bond acceptors (Lipinski definition) is 3. The van der Waals surface area contributed by atoms with Crippen LogP contribution >= 0.6 is 11.8 Å². The molecular weight excluding hydrogens is 208 g/mol. The first-order chi connectivity index (χ1) is 7.21. The SMILES string of the molecule is CCC.COC(=O)c1ccccc1SC. The fraction of sp³-hybridized carbons (Fsp3) is 0.417. The van der Waals surface area contributed by atoms with E-state index in [0.29, 0.717) is 5.56 Å². The van der Waals surface area contributed by atoms with Gasteiger partial charge in [-0.25, -0.2) is 4.79 Å². The average Bonchev–Trinajstić information content (AvgIpc) is 2.29. The summed E-state index contributed by atoms with van der Waals surface area (Å²) in [5, 5.41) is 0. The zero-order chi connectivity index (χ0) is 11.7. The summed E-state index contributed by atoms with van der Waals surface area (Å²) in [6.07, 6.45) is 3.18. The third-order valence-corrected chi connectivity index (χ3v) is 2.31. The highest BCUT2D eigenvalue weighted by Crippen LogP contribution is 2.20. The molecule has 2 nitrogen and oxygen atoms in total. The van der Waals surface area contributed by atoms with Crippen molar-refractivity contribution in [3.63, 3.8) is 0 Å². The molecule has 0 saturated heterocycles. The van der Waals surface area contributed by atoms with Crippen molar-refractivity contribution >= 4 is 17.7 Å². The molecule has 1 aromatic carbocycles. The lowest BCUT2D eigenvalue weighted by atomic mass is 10.2. The fourth-order valence-corrected chi connectivity index (χ4v) is 1.51. The van der Waals surface area contributed by atoms with Crippen molar-refractivity contribution in [1.29, 1.82) is 0 Å². The van der Waals surface area contributed by atoms with Crippen LogP contribution in [0.25, 0.3) is 0 Å². The Hall–Kier alpha value is -0.960. The van der Waals surface area contributed by atoms with E-state index < -0.39 is 0 Å². The second-order valence-electron chi connectivity index (χ2n) is 2.90. The van der Waals surface area contributed by atoms with Crippen LogP contribution in [0.3, 0.4) is 0 Å². The van der Waals surface area contributed by atoms with Crippen molar-refractivity contribution in [2.45, 2.75) is 25.2 Å². The fourth-order valence-electron chi connectivity index (χ4n) is 0.923. The lowest BCUT2D eigenvalue weighted by Crippen LogP contribution is -2.02. The summed E-state index contributed by atoms with van der Waals surface area (Å²) >= 11 is 1.54. The van der Waals surface area contributed by atoms with Crippen LogP contribution in [0.5, 0.6) is 0 Å². The van der Waals surface area contributed by atoms with Crippen molar-refractivity contribution < 1.29 is 9.53 Å². The first kappa shape index (κ1) is 14.0. The predicted molar refractivity (Wildman–Crippen MR) is 65.5 cm³/mol. The molecule has 0 atom stereocenters. The van der Waals surface area contributed by atoms with Gasteiger partial charge >= 0.3 is 5.97 Å². The lowest BCUT2D eigenvalue weighted by Gasteiger charge is -2.03. The Kier molecular flexibility index (Phi) is 7.82. The van der Waals surface area contributed by atoms with Gasteiger partial charge in [0.05, 0.1) is 12.7 Å². The number of methoxy groups -OCH3 is 1. The molecular formula is C12H18O2S. The van der Waals surface area contributed by atoms with Crippen molar-refractivity contribution in [1.82, 2.24) is 0 Å². The van der Waals surface area contributed by atoms with Crippen LogP contribution in [0.4, 0.5) is 0 Å². The molecule has 0 saturated carbocycles. The van der Waals surface area contributed by atoms with Crippen LogP contribution in [0, 0.1) is 0 Å². The van der Waals surface area contributed by atoms with Crippen LogP contribution in [0.2, 0.25) is 0 Å². The summed E-state index contributed by atoms with van der Waals surface area (Å²) in [5.41, 5.74) is 0.632. The normalized spacial score (nSPS) is 8.80. The van der Waals surface area contributed by atoms with Gasteiger partial charge in [0.1, 0.15) is 0 Å². The zero-order valence-corrected chi connectivity index (χ0v) is 10.6. The van der Waals surface area contributed by atoms with Gasteiger partial charge in [0, 0.05) is 4.90 Å². The third kappa shape index (κ3) is 4.88. The number of esters is 1. The molecule has 0 aliphatic carbocycles. The average molecular weight is 226 g/mol. The summed E-state index contributed by atoms with van der Waals surface area (Å²) in [4.78, 5) is 12.1. The number of hydrogen-bond donors (Lipinski definition) is 0. The van der Waals surface area contributed by atoms with Crippen LogP contribution in [0.1, 0.15) is 30.6 Å². The van der Waals surface area contributed by atoms with Crippen molar-refractivity contribution in [3.8, 4) is 0 Å². The number of rotatable bonds is 2. The molecule has 15 heavy (non-hydrogen) atoms. The van der Waals surface area contributed by atoms with E-state index in [-0.39, 0.29) is 5.97 Å². The van der Waals surface area contributed by atoms with Gasteiger partial charge in [-0.1, -0.05) is 32.4 Å². The number of thioether (sulfide) groups is 1. The highest BCUT2D eigenvalue weighted by atomic mass is 32.2. The van der Waals surface area contributed by atoms with E-state index in [4.69, 9.17) is 0 Å². The Bertz CT molecular complexity index is 297. The largest absolute Gasteiger partial charge is 0.465 e.